The first kappa shape index (κ1) is 18.7. The average molecular weight is 289 g/mol. The summed E-state index contributed by atoms with van der Waals surface area (Å²) in [4.78, 5) is 22.5. The molecule has 0 aliphatic heterocycles. The zero-order chi connectivity index (χ0) is 15.9. The summed E-state index contributed by atoms with van der Waals surface area (Å²) in [6.45, 7) is 10.4. The monoisotopic (exact) mass is 289 g/mol. The standard InChI is InChI=1S/C14H27NO5/c1-9(2)7-11(12(17)8-19-10(3)16)15-13(18)20-14(4,5)6/h9,11-12,17H,7-8H2,1-6H3,(H,15,18)/t11-,12?/m0/s1. The Balaban J connectivity index is 4.54. The first-order valence-electron chi connectivity index (χ1n) is 6.82. The van der Waals surface area contributed by atoms with Crippen LogP contribution in [0.1, 0.15) is 48.0 Å². The smallest absolute Gasteiger partial charge is 0.407 e. The second-order valence-corrected chi connectivity index (χ2v) is 6.25. The molecule has 1 amide bonds. The van der Waals surface area contributed by atoms with Crippen molar-refractivity contribution in [3.8, 4) is 0 Å². The summed E-state index contributed by atoms with van der Waals surface area (Å²) >= 11 is 0. The van der Waals surface area contributed by atoms with Crippen molar-refractivity contribution < 1.29 is 24.2 Å². The average Bonchev–Trinajstić information content (AvgIpc) is 2.21. The fraction of sp³-hybridized carbons (Fsp3) is 0.857. The topological polar surface area (TPSA) is 84.9 Å². The second kappa shape index (κ2) is 8.09. The molecule has 0 radical (unpaired) electrons. The molecule has 0 heterocycles. The molecule has 0 saturated carbocycles. The number of amides is 1. The van der Waals surface area contributed by atoms with Crippen LogP contribution in [0.2, 0.25) is 0 Å². The molecular formula is C14H27NO5. The molecule has 0 aliphatic rings. The van der Waals surface area contributed by atoms with E-state index in [0.717, 1.165) is 0 Å². The van der Waals surface area contributed by atoms with Crippen LogP contribution in [0.25, 0.3) is 0 Å². The highest BCUT2D eigenvalue weighted by Gasteiger charge is 2.26. The van der Waals surface area contributed by atoms with Gasteiger partial charge in [-0.2, -0.15) is 0 Å². The molecular weight excluding hydrogens is 262 g/mol. The van der Waals surface area contributed by atoms with Crippen LogP contribution in [0.15, 0.2) is 0 Å². The van der Waals surface area contributed by atoms with Gasteiger partial charge in [0.2, 0.25) is 0 Å². The fourth-order valence-electron chi connectivity index (χ4n) is 1.60. The number of ether oxygens (including phenoxy) is 2. The molecule has 6 nitrogen and oxygen atoms in total. The van der Waals surface area contributed by atoms with E-state index in [2.05, 4.69) is 5.32 Å². The Morgan fingerprint density at radius 2 is 1.80 bits per heavy atom. The highest BCUT2D eigenvalue weighted by atomic mass is 16.6. The lowest BCUT2D eigenvalue weighted by Crippen LogP contribution is -2.47. The third-order valence-electron chi connectivity index (χ3n) is 2.35. The normalized spacial score (nSPS) is 14.6. The maximum Gasteiger partial charge on any atom is 0.407 e. The number of carbonyl (C=O) groups is 2. The minimum atomic E-state index is -0.964. The molecule has 1 unspecified atom stereocenters. The highest BCUT2D eigenvalue weighted by Crippen LogP contribution is 2.12. The molecule has 0 spiro atoms. The van der Waals surface area contributed by atoms with Gasteiger partial charge in [-0.1, -0.05) is 13.8 Å². The Morgan fingerprint density at radius 3 is 2.20 bits per heavy atom. The van der Waals surface area contributed by atoms with E-state index in [1.165, 1.54) is 6.92 Å². The van der Waals surface area contributed by atoms with Crippen molar-refractivity contribution in [3.05, 3.63) is 0 Å². The maximum absolute atomic E-state index is 11.7. The lowest BCUT2D eigenvalue weighted by molar-refractivity contribution is -0.144. The largest absolute Gasteiger partial charge is 0.463 e. The molecule has 0 aromatic heterocycles. The Hall–Kier alpha value is -1.30. The molecule has 118 valence electrons. The van der Waals surface area contributed by atoms with Crippen LogP contribution < -0.4 is 5.32 Å². The predicted octanol–water partition coefficient (Wildman–Crippen LogP) is 1.85. The van der Waals surface area contributed by atoms with Crippen molar-refractivity contribution >= 4 is 12.1 Å². The summed E-state index contributed by atoms with van der Waals surface area (Å²) in [5, 5.41) is 12.6. The van der Waals surface area contributed by atoms with Gasteiger partial charge in [0.1, 0.15) is 18.3 Å². The van der Waals surface area contributed by atoms with Crippen LogP contribution in [0, 0.1) is 5.92 Å². The predicted molar refractivity (Wildman–Crippen MR) is 75.3 cm³/mol. The van der Waals surface area contributed by atoms with E-state index in [1.807, 2.05) is 13.8 Å². The van der Waals surface area contributed by atoms with Crippen LogP contribution >= 0.6 is 0 Å². The Bertz CT molecular complexity index is 322. The fourth-order valence-corrected chi connectivity index (χ4v) is 1.60. The van der Waals surface area contributed by atoms with Gasteiger partial charge >= 0.3 is 12.1 Å². The zero-order valence-corrected chi connectivity index (χ0v) is 13.2. The van der Waals surface area contributed by atoms with Crippen molar-refractivity contribution in [2.24, 2.45) is 5.92 Å². The van der Waals surface area contributed by atoms with E-state index in [9.17, 15) is 14.7 Å². The molecule has 0 aliphatic carbocycles. The van der Waals surface area contributed by atoms with Gasteiger partial charge in [0, 0.05) is 6.92 Å². The number of carbonyl (C=O) groups excluding carboxylic acids is 2. The van der Waals surface area contributed by atoms with Gasteiger partial charge in [-0.25, -0.2) is 4.79 Å². The number of aliphatic hydroxyl groups is 1. The van der Waals surface area contributed by atoms with Gasteiger partial charge in [0.05, 0.1) is 6.04 Å². The van der Waals surface area contributed by atoms with Gasteiger partial charge in [0.15, 0.2) is 0 Å². The molecule has 0 fully saturated rings. The van der Waals surface area contributed by atoms with E-state index in [4.69, 9.17) is 9.47 Å². The van der Waals surface area contributed by atoms with Gasteiger partial charge in [-0.05, 0) is 33.1 Å². The molecule has 2 atom stereocenters. The van der Waals surface area contributed by atoms with Gasteiger partial charge < -0.3 is 19.9 Å². The summed E-state index contributed by atoms with van der Waals surface area (Å²) in [6.07, 6.45) is -0.999. The van der Waals surface area contributed by atoms with E-state index in [0.29, 0.717) is 6.42 Å². The molecule has 0 rings (SSSR count). The summed E-state index contributed by atoms with van der Waals surface area (Å²) in [6, 6.07) is -0.524. The lowest BCUT2D eigenvalue weighted by atomic mass is 9.99. The third-order valence-corrected chi connectivity index (χ3v) is 2.35. The van der Waals surface area contributed by atoms with Gasteiger partial charge in [-0.3, -0.25) is 4.79 Å². The van der Waals surface area contributed by atoms with Crippen LogP contribution in [-0.4, -0.2) is 41.5 Å². The van der Waals surface area contributed by atoms with Crippen molar-refractivity contribution in [2.75, 3.05) is 6.61 Å². The molecule has 0 aromatic carbocycles. The molecule has 20 heavy (non-hydrogen) atoms. The number of alkyl carbamates (subject to hydrolysis) is 1. The van der Waals surface area contributed by atoms with Crippen LogP contribution in [0.4, 0.5) is 4.79 Å². The summed E-state index contributed by atoms with van der Waals surface area (Å²) in [5.74, 6) is -0.202. The van der Waals surface area contributed by atoms with Crippen molar-refractivity contribution in [1.82, 2.24) is 5.32 Å². The van der Waals surface area contributed by atoms with E-state index in [1.54, 1.807) is 20.8 Å². The van der Waals surface area contributed by atoms with Crippen molar-refractivity contribution in [1.29, 1.82) is 0 Å². The highest BCUT2D eigenvalue weighted by molar-refractivity contribution is 5.68. The first-order chi connectivity index (χ1) is 9.01. The molecule has 0 bridgehead atoms. The van der Waals surface area contributed by atoms with Crippen molar-refractivity contribution in [3.63, 3.8) is 0 Å². The van der Waals surface area contributed by atoms with Crippen LogP contribution in [0.3, 0.4) is 0 Å². The van der Waals surface area contributed by atoms with E-state index in [-0.39, 0.29) is 12.5 Å². The van der Waals surface area contributed by atoms with Gasteiger partial charge in [0.25, 0.3) is 0 Å². The lowest BCUT2D eigenvalue weighted by Gasteiger charge is -2.27. The molecule has 0 saturated heterocycles. The summed E-state index contributed by atoms with van der Waals surface area (Å²) in [7, 11) is 0. The van der Waals surface area contributed by atoms with E-state index >= 15 is 0 Å². The number of rotatable bonds is 6. The Morgan fingerprint density at radius 1 is 1.25 bits per heavy atom. The minimum absolute atomic E-state index is 0.150. The van der Waals surface area contributed by atoms with Crippen LogP contribution in [-0.2, 0) is 14.3 Å². The Labute approximate surface area is 120 Å². The Kier molecular flexibility index (Phi) is 7.57. The number of aliphatic hydroxyl groups excluding tert-OH is 1. The number of esters is 1. The summed E-state index contributed by atoms with van der Waals surface area (Å²) in [5.41, 5.74) is -0.604. The molecule has 2 N–H and O–H groups in total. The molecule has 6 heteroatoms. The van der Waals surface area contributed by atoms with E-state index < -0.39 is 29.8 Å². The number of hydrogen-bond donors (Lipinski definition) is 2. The third kappa shape index (κ3) is 9.61. The quantitative estimate of drug-likeness (QED) is 0.729. The second-order valence-electron chi connectivity index (χ2n) is 6.25. The zero-order valence-electron chi connectivity index (χ0n) is 13.2. The SMILES string of the molecule is CC(=O)OCC(O)[C@H](CC(C)C)NC(=O)OC(C)(C)C. The first-order valence-corrected chi connectivity index (χ1v) is 6.82. The summed E-state index contributed by atoms with van der Waals surface area (Å²) < 4.78 is 9.92. The number of hydrogen-bond acceptors (Lipinski definition) is 5. The van der Waals surface area contributed by atoms with Gasteiger partial charge in [-0.15, -0.1) is 0 Å². The maximum atomic E-state index is 11.7. The van der Waals surface area contributed by atoms with Crippen molar-refractivity contribution in [2.45, 2.75) is 65.7 Å². The number of nitrogens with one attached hydrogen (secondary N) is 1. The molecule has 0 aromatic rings. The van der Waals surface area contributed by atoms with Crippen LogP contribution in [0.5, 0.6) is 0 Å². The minimum Gasteiger partial charge on any atom is -0.463 e.